The molecule has 0 atom stereocenters. The fourth-order valence-electron chi connectivity index (χ4n) is 1.97. The maximum Gasteiger partial charge on any atom is 0.151 e. The molecule has 2 rings (SSSR count). The first-order valence-corrected chi connectivity index (χ1v) is 7.70. The summed E-state index contributed by atoms with van der Waals surface area (Å²) in [4.78, 5) is 2.22. The third-order valence-electron chi connectivity index (χ3n) is 2.72. The molecule has 0 radical (unpaired) electrons. The maximum atomic E-state index is 11.3. The molecule has 1 fully saturated rings. The van der Waals surface area contributed by atoms with Crippen molar-refractivity contribution >= 4 is 15.5 Å². The van der Waals surface area contributed by atoms with E-state index in [0.29, 0.717) is 0 Å². The zero-order valence-electron chi connectivity index (χ0n) is 9.93. The Morgan fingerprint density at radius 3 is 2.65 bits per heavy atom. The molecule has 4 nitrogen and oxygen atoms in total. The van der Waals surface area contributed by atoms with E-state index in [1.165, 1.54) is 6.26 Å². The monoisotopic (exact) mass is 255 g/mol. The number of hydrogen-bond donors (Lipinski definition) is 0. The summed E-state index contributed by atoms with van der Waals surface area (Å²) in [5, 5.41) is 0. The van der Waals surface area contributed by atoms with Crippen molar-refractivity contribution in [1.29, 1.82) is 0 Å². The van der Waals surface area contributed by atoms with Crippen molar-refractivity contribution < 1.29 is 13.2 Å². The van der Waals surface area contributed by atoms with Crippen molar-refractivity contribution in [2.24, 2.45) is 0 Å². The molecule has 0 amide bonds. The van der Waals surface area contributed by atoms with E-state index in [0.717, 1.165) is 37.6 Å². The third-order valence-corrected chi connectivity index (χ3v) is 3.57. The number of sulfone groups is 1. The lowest BCUT2D eigenvalue weighted by atomic mass is 10.2. The van der Waals surface area contributed by atoms with Gasteiger partial charge >= 0.3 is 0 Å². The van der Waals surface area contributed by atoms with Gasteiger partial charge in [0.1, 0.15) is 0 Å². The van der Waals surface area contributed by atoms with Crippen LogP contribution in [0.4, 0.5) is 5.69 Å². The van der Waals surface area contributed by atoms with Gasteiger partial charge in [-0.1, -0.05) is 12.1 Å². The molecule has 94 valence electrons. The van der Waals surface area contributed by atoms with E-state index in [1.807, 2.05) is 24.3 Å². The summed E-state index contributed by atoms with van der Waals surface area (Å²) in [5.74, 6) is 0.102. The lowest BCUT2D eigenvalue weighted by Crippen LogP contribution is -2.36. The number of hydrogen-bond acceptors (Lipinski definition) is 4. The van der Waals surface area contributed by atoms with E-state index in [9.17, 15) is 8.42 Å². The SMILES string of the molecule is CS(=O)(=O)Cc1cccc(N2CCOCC2)c1. The van der Waals surface area contributed by atoms with Crippen molar-refractivity contribution in [3.05, 3.63) is 29.8 Å². The van der Waals surface area contributed by atoms with Crippen LogP contribution in [-0.2, 0) is 20.3 Å². The van der Waals surface area contributed by atoms with E-state index in [-0.39, 0.29) is 5.75 Å². The first kappa shape index (κ1) is 12.4. The fraction of sp³-hybridized carbons (Fsp3) is 0.500. The van der Waals surface area contributed by atoms with Crippen LogP contribution in [0.1, 0.15) is 5.56 Å². The molecule has 1 aliphatic rings. The Morgan fingerprint density at radius 1 is 1.29 bits per heavy atom. The second-order valence-electron chi connectivity index (χ2n) is 4.34. The van der Waals surface area contributed by atoms with Crippen molar-refractivity contribution in [1.82, 2.24) is 0 Å². The van der Waals surface area contributed by atoms with E-state index < -0.39 is 9.84 Å². The summed E-state index contributed by atoms with van der Waals surface area (Å²) < 4.78 is 27.8. The zero-order valence-corrected chi connectivity index (χ0v) is 10.7. The Hall–Kier alpha value is -1.07. The average molecular weight is 255 g/mol. The zero-order chi connectivity index (χ0) is 12.3. The number of ether oxygens (including phenoxy) is 1. The van der Waals surface area contributed by atoms with Crippen LogP contribution in [0.25, 0.3) is 0 Å². The lowest BCUT2D eigenvalue weighted by molar-refractivity contribution is 0.122. The Morgan fingerprint density at radius 2 is 2.00 bits per heavy atom. The van der Waals surface area contributed by atoms with E-state index >= 15 is 0 Å². The lowest BCUT2D eigenvalue weighted by Gasteiger charge is -2.29. The minimum Gasteiger partial charge on any atom is -0.378 e. The molecule has 17 heavy (non-hydrogen) atoms. The Balaban J connectivity index is 2.16. The number of rotatable bonds is 3. The van der Waals surface area contributed by atoms with Crippen molar-refractivity contribution in [3.8, 4) is 0 Å². The summed E-state index contributed by atoms with van der Waals surface area (Å²) >= 11 is 0. The third kappa shape index (κ3) is 3.71. The van der Waals surface area contributed by atoms with Crippen LogP contribution in [0.15, 0.2) is 24.3 Å². The topological polar surface area (TPSA) is 46.6 Å². The fourth-order valence-corrected chi connectivity index (χ4v) is 2.75. The minimum absolute atomic E-state index is 0.102. The van der Waals surface area contributed by atoms with Crippen molar-refractivity contribution in [3.63, 3.8) is 0 Å². The molecular formula is C12H17NO3S. The predicted octanol–water partition coefficient (Wildman–Crippen LogP) is 1.07. The van der Waals surface area contributed by atoms with Gasteiger partial charge in [-0.3, -0.25) is 0 Å². The van der Waals surface area contributed by atoms with Crippen molar-refractivity contribution in [2.45, 2.75) is 5.75 Å². The van der Waals surface area contributed by atoms with Crippen LogP contribution < -0.4 is 4.90 Å². The first-order valence-electron chi connectivity index (χ1n) is 5.64. The maximum absolute atomic E-state index is 11.3. The Kier molecular flexibility index (Phi) is 3.69. The molecule has 0 saturated carbocycles. The first-order chi connectivity index (χ1) is 8.04. The van der Waals surface area contributed by atoms with Crippen molar-refractivity contribution in [2.75, 3.05) is 37.5 Å². The number of benzene rings is 1. The standard InChI is InChI=1S/C12H17NO3S/c1-17(14,15)10-11-3-2-4-12(9-11)13-5-7-16-8-6-13/h2-4,9H,5-8,10H2,1H3. The molecule has 0 aliphatic carbocycles. The highest BCUT2D eigenvalue weighted by atomic mass is 32.2. The van der Waals surface area contributed by atoms with Gasteiger partial charge in [-0.25, -0.2) is 8.42 Å². The molecule has 1 heterocycles. The highest BCUT2D eigenvalue weighted by Gasteiger charge is 2.12. The molecule has 1 aromatic rings. The smallest absolute Gasteiger partial charge is 0.151 e. The Bertz CT molecular complexity index is 478. The van der Waals surface area contributed by atoms with Gasteiger partial charge in [0.25, 0.3) is 0 Å². The summed E-state index contributed by atoms with van der Waals surface area (Å²) in [6.45, 7) is 3.19. The normalized spacial score (nSPS) is 17.1. The van der Waals surface area contributed by atoms with E-state index in [1.54, 1.807) is 0 Å². The van der Waals surface area contributed by atoms with Crippen LogP contribution in [0.5, 0.6) is 0 Å². The average Bonchev–Trinajstić information content (AvgIpc) is 2.28. The molecule has 0 aromatic heterocycles. The van der Waals surface area contributed by atoms with Gasteiger partial charge in [-0.05, 0) is 17.7 Å². The molecule has 0 unspecified atom stereocenters. The van der Waals surface area contributed by atoms with Gasteiger partial charge < -0.3 is 9.64 Å². The molecule has 0 bridgehead atoms. The van der Waals surface area contributed by atoms with Crippen LogP contribution in [0, 0.1) is 0 Å². The number of nitrogens with zero attached hydrogens (tertiary/aromatic N) is 1. The molecule has 1 aromatic carbocycles. The highest BCUT2D eigenvalue weighted by Crippen LogP contribution is 2.18. The van der Waals surface area contributed by atoms with Gasteiger partial charge in [0.15, 0.2) is 9.84 Å². The van der Waals surface area contributed by atoms with E-state index in [2.05, 4.69) is 4.90 Å². The quantitative estimate of drug-likeness (QED) is 0.810. The molecular weight excluding hydrogens is 238 g/mol. The molecule has 0 N–H and O–H groups in total. The van der Waals surface area contributed by atoms with E-state index in [4.69, 9.17) is 4.74 Å². The predicted molar refractivity (Wildman–Crippen MR) is 68.0 cm³/mol. The number of anilines is 1. The second kappa shape index (κ2) is 5.06. The second-order valence-corrected chi connectivity index (χ2v) is 6.48. The van der Waals surface area contributed by atoms with Gasteiger partial charge in [0.2, 0.25) is 0 Å². The van der Waals surface area contributed by atoms with Crippen LogP contribution in [0.3, 0.4) is 0 Å². The van der Waals surface area contributed by atoms with Gasteiger partial charge in [-0.2, -0.15) is 0 Å². The molecule has 5 heteroatoms. The largest absolute Gasteiger partial charge is 0.378 e. The van der Waals surface area contributed by atoms with Crippen LogP contribution >= 0.6 is 0 Å². The summed E-state index contributed by atoms with van der Waals surface area (Å²) in [7, 11) is -2.97. The van der Waals surface area contributed by atoms with Gasteiger partial charge in [0, 0.05) is 25.0 Å². The van der Waals surface area contributed by atoms with Crippen LogP contribution in [0.2, 0.25) is 0 Å². The number of morpholine rings is 1. The summed E-state index contributed by atoms with van der Waals surface area (Å²) in [6, 6.07) is 7.72. The molecule has 0 spiro atoms. The molecule has 1 saturated heterocycles. The summed E-state index contributed by atoms with van der Waals surface area (Å²) in [5.41, 5.74) is 1.92. The highest BCUT2D eigenvalue weighted by molar-refractivity contribution is 7.89. The van der Waals surface area contributed by atoms with Gasteiger partial charge in [0.05, 0.1) is 19.0 Å². The summed E-state index contributed by atoms with van der Waals surface area (Å²) in [6.07, 6.45) is 1.26. The van der Waals surface area contributed by atoms with Gasteiger partial charge in [-0.15, -0.1) is 0 Å². The van der Waals surface area contributed by atoms with Crippen LogP contribution in [-0.4, -0.2) is 41.0 Å². The molecule has 1 aliphatic heterocycles. The minimum atomic E-state index is -2.97. The Labute approximate surface area is 102 Å².